The van der Waals surface area contributed by atoms with Crippen molar-refractivity contribution < 1.29 is 8.42 Å². The molecular weight excluding hydrogens is 274 g/mol. The summed E-state index contributed by atoms with van der Waals surface area (Å²) >= 11 is 0. The van der Waals surface area contributed by atoms with Gasteiger partial charge < -0.3 is 5.32 Å². The lowest BCUT2D eigenvalue weighted by Gasteiger charge is -2.17. The number of rotatable bonds is 5. The van der Waals surface area contributed by atoms with Gasteiger partial charge in [0.15, 0.2) is 9.84 Å². The van der Waals surface area contributed by atoms with Gasteiger partial charge in [0.2, 0.25) is 0 Å². The van der Waals surface area contributed by atoms with Gasteiger partial charge in [-0.05, 0) is 24.2 Å². The Morgan fingerprint density at radius 2 is 1.90 bits per heavy atom. The summed E-state index contributed by atoms with van der Waals surface area (Å²) in [5.41, 5.74) is 2.08. The molecule has 1 N–H and O–H groups in total. The number of hydrogen-bond donors (Lipinski definition) is 1. The fraction of sp³-hybridized carbons (Fsp3) is 0.357. The van der Waals surface area contributed by atoms with Crippen LogP contribution in [-0.4, -0.2) is 31.0 Å². The Morgan fingerprint density at radius 3 is 2.35 bits per heavy atom. The third kappa shape index (κ3) is 3.26. The van der Waals surface area contributed by atoms with E-state index in [0.717, 1.165) is 17.7 Å². The Bertz CT molecular complexity index is 675. The first kappa shape index (κ1) is 14.7. The third-order valence-corrected chi connectivity index (χ3v) is 4.24. The van der Waals surface area contributed by atoms with Crippen molar-refractivity contribution >= 4 is 9.84 Å². The monoisotopic (exact) mass is 293 g/mol. The molecule has 0 spiro atoms. The minimum atomic E-state index is -3.15. The van der Waals surface area contributed by atoms with Crippen LogP contribution in [-0.2, 0) is 16.9 Å². The van der Waals surface area contributed by atoms with Crippen LogP contribution >= 0.6 is 0 Å². The standard InChI is InChI=1S/C14H19N3O2S/c1-4-15-14(12-9-16-17(2)10-12)11-5-7-13(8-6-11)20(3,18)19/h5-10,14-15H,4H2,1-3H3. The van der Waals surface area contributed by atoms with E-state index in [1.165, 1.54) is 6.26 Å². The first-order chi connectivity index (χ1) is 9.41. The summed E-state index contributed by atoms with van der Waals surface area (Å²) in [5, 5.41) is 7.57. The van der Waals surface area contributed by atoms with Crippen LogP contribution in [0.4, 0.5) is 0 Å². The molecule has 0 bridgehead atoms. The molecule has 1 aromatic heterocycles. The molecule has 0 saturated carbocycles. The maximum atomic E-state index is 11.5. The predicted octanol–water partition coefficient (Wildman–Crippen LogP) is 1.52. The summed E-state index contributed by atoms with van der Waals surface area (Å²) in [6, 6.07) is 6.99. The molecule has 0 aliphatic rings. The second-order valence-electron chi connectivity index (χ2n) is 4.78. The fourth-order valence-electron chi connectivity index (χ4n) is 2.13. The Kier molecular flexibility index (Phi) is 4.25. The van der Waals surface area contributed by atoms with Gasteiger partial charge in [-0.3, -0.25) is 4.68 Å². The van der Waals surface area contributed by atoms with Crippen LogP contribution in [0.25, 0.3) is 0 Å². The second kappa shape index (κ2) is 5.76. The highest BCUT2D eigenvalue weighted by molar-refractivity contribution is 7.90. The molecule has 0 fully saturated rings. The molecule has 0 amide bonds. The van der Waals surface area contributed by atoms with Gasteiger partial charge in [0.05, 0.1) is 17.1 Å². The summed E-state index contributed by atoms with van der Waals surface area (Å²) < 4.78 is 24.7. The number of hydrogen-bond acceptors (Lipinski definition) is 4. The van der Waals surface area contributed by atoms with E-state index in [-0.39, 0.29) is 6.04 Å². The number of aryl methyl sites for hydroxylation is 1. The molecule has 0 aliphatic carbocycles. The normalized spacial score (nSPS) is 13.3. The third-order valence-electron chi connectivity index (χ3n) is 3.11. The molecule has 0 radical (unpaired) electrons. The van der Waals surface area contributed by atoms with Gasteiger partial charge in [0.25, 0.3) is 0 Å². The molecule has 5 nitrogen and oxygen atoms in total. The number of benzene rings is 1. The van der Waals surface area contributed by atoms with Crippen LogP contribution in [0, 0.1) is 0 Å². The maximum Gasteiger partial charge on any atom is 0.175 e. The van der Waals surface area contributed by atoms with E-state index in [2.05, 4.69) is 10.4 Å². The average molecular weight is 293 g/mol. The van der Waals surface area contributed by atoms with Gasteiger partial charge in [-0.15, -0.1) is 0 Å². The first-order valence-electron chi connectivity index (χ1n) is 6.43. The molecular formula is C14H19N3O2S. The highest BCUT2D eigenvalue weighted by Crippen LogP contribution is 2.22. The second-order valence-corrected chi connectivity index (χ2v) is 6.79. The molecule has 1 aromatic carbocycles. The van der Waals surface area contributed by atoms with Crippen molar-refractivity contribution in [1.82, 2.24) is 15.1 Å². The minimum absolute atomic E-state index is 0.0160. The van der Waals surface area contributed by atoms with Gasteiger partial charge in [0, 0.05) is 25.1 Å². The molecule has 2 aromatic rings. The average Bonchev–Trinajstić information content (AvgIpc) is 2.81. The van der Waals surface area contributed by atoms with Crippen molar-refractivity contribution in [3.8, 4) is 0 Å². The van der Waals surface area contributed by atoms with Crippen LogP contribution in [0.15, 0.2) is 41.6 Å². The summed E-state index contributed by atoms with van der Waals surface area (Å²) in [5.74, 6) is 0. The molecule has 2 rings (SSSR count). The fourth-order valence-corrected chi connectivity index (χ4v) is 2.76. The SMILES string of the molecule is CCNC(c1ccc(S(C)(=O)=O)cc1)c1cnn(C)c1. The van der Waals surface area contributed by atoms with E-state index < -0.39 is 9.84 Å². The van der Waals surface area contributed by atoms with E-state index in [0.29, 0.717) is 4.90 Å². The predicted molar refractivity (Wildman–Crippen MR) is 78.3 cm³/mol. The molecule has 1 heterocycles. The van der Waals surface area contributed by atoms with Crippen molar-refractivity contribution in [1.29, 1.82) is 0 Å². The van der Waals surface area contributed by atoms with Crippen molar-refractivity contribution in [3.63, 3.8) is 0 Å². The zero-order valence-corrected chi connectivity index (χ0v) is 12.7. The quantitative estimate of drug-likeness (QED) is 0.908. The van der Waals surface area contributed by atoms with E-state index >= 15 is 0 Å². The number of aromatic nitrogens is 2. The summed E-state index contributed by atoms with van der Waals surface area (Å²) in [7, 11) is -1.28. The van der Waals surface area contributed by atoms with Crippen molar-refractivity contribution in [3.05, 3.63) is 47.8 Å². The smallest absolute Gasteiger partial charge is 0.175 e. The highest BCUT2D eigenvalue weighted by atomic mass is 32.2. The van der Waals surface area contributed by atoms with Gasteiger partial charge in [-0.1, -0.05) is 19.1 Å². The van der Waals surface area contributed by atoms with E-state index in [4.69, 9.17) is 0 Å². The summed E-state index contributed by atoms with van der Waals surface area (Å²) in [6.07, 6.45) is 4.99. The number of nitrogens with one attached hydrogen (secondary N) is 1. The van der Waals surface area contributed by atoms with Crippen molar-refractivity contribution in [2.75, 3.05) is 12.8 Å². The molecule has 108 valence electrons. The van der Waals surface area contributed by atoms with Crippen LogP contribution in [0.5, 0.6) is 0 Å². The maximum absolute atomic E-state index is 11.5. The van der Waals surface area contributed by atoms with Crippen LogP contribution in [0.1, 0.15) is 24.1 Å². The number of nitrogens with zero attached hydrogens (tertiary/aromatic N) is 2. The molecule has 1 unspecified atom stereocenters. The van der Waals surface area contributed by atoms with Crippen LogP contribution < -0.4 is 5.32 Å². The highest BCUT2D eigenvalue weighted by Gasteiger charge is 2.15. The lowest BCUT2D eigenvalue weighted by molar-refractivity contribution is 0.601. The van der Waals surface area contributed by atoms with Gasteiger partial charge in [-0.2, -0.15) is 5.10 Å². The summed E-state index contributed by atoms with van der Waals surface area (Å²) in [4.78, 5) is 0.336. The van der Waals surface area contributed by atoms with Crippen LogP contribution in [0.2, 0.25) is 0 Å². The van der Waals surface area contributed by atoms with Gasteiger partial charge in [0.1, 0.15) is 0 Å². The summed E-state index contributed by atoms with van der Waals surface area (Å²) in [6.45, 7) is 2.85. The van der Waals surface area contributed by atoms with E-state index in [1.54, 1.807) is 16.8 Å². The largest absolute Gasteiger partial charge is 0.306 e. The Hall–Kier alpha value is -1.66. The zero-order chi connectivity index (χ0) is 14.8. The Morgan fingerprint density at radius 1 is 1.25 bits per heavy atom. The lowest BCUT2D eigenvalue weighted by Crippen LogP contribution is -2.21. The molecule has 0 aliphatic heterocycles. The lowest BCUT2D eigenvalue weighted by atomic mass is 10.0. The van der Waals surface area contributed by atoms with Crippen molar-refractivity contribution in [2.45, 2.75) is 17.9 Å². The van der Waals surface area contributed by atoms with Gasteiger partial charge >= 0.3 is 0 Å². The molecule has 6 heteroatoms. The van der Waals surface area contributed by atoms with Crippen LogP contribution in [0.3, 0.4) is 0 Å². The topological polar surface area (TPSA) is 64.0 Å². The Labute approximate surface area is 119 Å². The van der Waals surface area contributed by atoms with E-state index in [1.807, 2.05) is 38.5 Å². The van der Waals surface area contributed by atoms with Gasteiger partial charge in [-0.25, -0.2) is 8.42 Å². The van der Waals surface area contributed by atoms with E-state index in [9.17, 15) is 8.42 Å². The first-order valence-corrected chi connectivity index (χ1v) is 8.33. The molecule has 0 saturated heterocycles. The number of sulfone groups is 1. The zero-order valence-electron chi connectivity index (χ0n) is 11.9. The Balaban J connectivity index is 2.35. The molecule has 1 atom stereocenters. The van der Waals surface area contributed by atoms with Crippen molar-refractivity contribution in [2.24, 2.45) is 7.05 Å². The molecule has 20 heavy (non-hydrogen) atoms. The minimum Gasteiger partial charge on any atom is -0.306 e.